The minimum atomic E-state index is 0.825. The first-order chi connectivity index (χ1) is 7.86. The number of ether oxygens (including phenoxy) is 1. The minimum absolute atomic E-state index is 0.825. The Kier molecular flexibility index (Phi) is 4.23. The van der Waals surface area contributed by atoms with E-state index >= 15 is 0 Å². The van der Waals surface area contributed by atoms with Crippen molar-refractivity contribution in [3.8, 4) is 0 Å². The van der Waals surface area contributed by atoms with Crippen molar-refractivity contribution in [1.82, 2.24) is 4.57 Å². The molecule has 2 nitrogen and oxygen atoms in total. The fourth-order valence-corrected chi connectivity index (χ4v) is 2.60. The number of halogens is 1. The molecule has 0 aliphatic rings. The number of alkyl halides is 1. The summed E-state index contributed by atoms with van der Waals surface area (Å²) in [6, 6.07) is 8.61. The third-order valence-corrected chi connectivity index (χ3v) is 3.58. The first kappa shape index (κ1) is 11.9. The van der Waals surface area contributed by atoms with Crippen LogP contribution in [0.3, 0.4) is 0 Å². The van der Waals surface area contributed by atoms with Crippen molar-refractivity contribution < 1.29 is 4.74 Å². The molecule has 2 aromatic rings. The van der Waals surface area contributed by atoms with Crippen LogP contribution in [0.5, 0.6) is 0 Å². The first-order valence-corrected chi connectivity index (χ1v) is 7.01. The highest BCUT2D eigenvalue weighted by molar-refractivity contribution is 14.1. The van der Waals surface area contributed by atoms with Gasteiger partial charge in [0, 0.05) is 41.8 Å². The highest BCUT2D eigenvalue weighted by Crippen LogP contribution is 2.23. The standard InChI is InChI=1S/C13H16INO/c1-16-8-4-7-15-10-11(9-14)12-5-2-3-6-13(12)15/h2-3,5-6,10H,4,7-9H2,1H3. The van der Waals surface area contributed by atoms with Crippen molar-refractivity contribution >= 4 is 33.5 Å². The van der Waals surface area contributed by atoms with E-state index in [0.717, 1.165) is 24.0 Å². The summed E-state index contributed by atoms with van der Waals surface area (Å²) in [6.07, 6.45) is 3.34. The van der Waals surface area contributed by atoms with Crippen molar-refractivity contribution in [3.05, 3.63) is 36.0 Å². The summed E-state index contributed by atoms with van der Waals surface area (Å²) in [4.78, 5) is 0. The fourth-order valence-electron chi connectivity index (χ4n) is 1.99. The predicted octanol–water partition coefficient (Wildman–Crippen LogP) is 3.61. The third-order valence-electron chi connectivity index (χ3n) is 2.76. The average Bonchev–Trinajstić information content (AvgIpc) is 2.68. The molecule has 1 aromatic carbocycles. The number of para-hydroxylation sites is 1. The Hall–Kier alpha value is -0.550. The van der Waals surface area contributed by atoms with Gasteiger partial charge in [0.25, 0.3) is 0 Å². The normalized spacial score (nSPS) is 11.1. The fraction of sp³-hybridized carbons (Fsp3) is 0.385. The summed E-state index contributed by atoms with van der Waals surface area (Å²) in [5, 5.41) is 1.38. The van der Waals surface area contributed by atoms with Gasteiger partial charge in [0.2, 0.25) is 0 Å². The number of methoxy groups -OCH3 is 1. The molecule has 86 valence electrons. The smallest absolute Gasteiger partial charge is 0.0483 e. The number of benzene rings is 1. The van der Waals surface area contributed by atoms with Crippen LogP contribution in [0.15, 0.2) is 30.5 Å². The Labute approximate surface area is 110 Å². The van der Waals surface area contributed by atoms with Crippen molar-refractivity contribution in [3.63, 3.8) is 0 Å². The molecule has 1 aromatic heterocycles. The number of nitrogens with zero attached hydrogens (tertiary/aromatic N) is 1. The summed E-state index contributed by atoms with van der Waals surface area (Å²) in [7, 11) is 1.75. The van der Waals surface area contributed by atoms with Crippen LogP contribution in [-0.4, -0.2) is 18.3 Å². The summed E-state index contributed by atoms with van der Waals surface area (Å²) in [5.41, 5.74) is 2.76. The molecule has 0 aliphatic carbocycles. The molecule has 0 radical (unpaired) electrons. The van der Waals surface area contributed by atoms with Gasteiger partial charge < -0.3 is 9.30 Å². The summed E-state index contributed by atoms with van der Waals surface area (Å²) >= 11 is 2.42. The minimum Gasteiger partial charge on any atom is -0.385 e. The van der Waals surface area contributed by atoms with E-state index in [-0.39, 0.29) is 0 Å². The molecule has 0 amide bonds. The van der Waals surface area contributed by atoms with E-state index in [1.807, 2.05) is 0 Å². The van der Waals surface area contributed by atoms with Crippen LogP contribution in [0.1, 0.15) is 12.0 Å². The lowest BCUT2D eigenvalue weighted by Gasteiger charge is -2.04. The average molecular weight is 329 g/mol. The summed E-state index contributed by atoms with van der Waals surface area (Å²) < 4.78 is 8.49. The van der Waals surface area contributed by atoms with Crippen molar-refractivity contribution in [2.45, 2.75) is 17.4 Å². The molecule has 16 heavy (non-hydrogen) atoms. The van der Waals surface area contributed by atoms with Gasteiger partial charge in [-0.25, -0.2) is 0 Å². The van der Waals surface area contributed by atoms with Crippen molar-refractivity contribution in [2.75, 3.05) is 13.7 Å². The maximum Gasteiger partial charge on any atom is 0.0483 e. The van der Waals surface area contributed by atoms with Gasteiger partial charge in [-0.05, 0) is 18.1 Å². The topological polar surface area (TPSA) is 14.2 Å². The van der Waals surface area contributed by atoms with Crippen LogP contribution in [0, 0.1) is 0 Å². The van der Waals surface area contributed by atoms with E-state index in [2.05, 4.69) is 57.6 Å². The zero-order valence-electron chi connectivity index (χ0n) is 9.45. The second-order valence-corrected chi connectivity index (χ2v) is 4.61. The maximum absolute atomic E-state index is 5.09. The largest absolute Gasteiger partial charge is 0.385 e. The Balaban J connectivity index is 2.30. The van der Waals surface area contributed by atoms with Gasteiger partial charge in [-0.2, -0.15) is 0 Å². The van der Waals surface area contributed by atoms with Gasteiger partial charge in [-0.3, -0.25) is 0 Å². The number of hydrogen-bond donors (Lipinski definition) is 0. The van der Waals surface area contributed by atoms with Crippen LogP contribution in [0.25, 0.3) is 10.9 Å². The number of fused-ring (bicyclic) bond motifs is 1. The molecule has 1 heterocycles. The van der Waals surface area contributed by atoms with Gasteiger partial charge in [-0.1, -0.05) is 40.8 Å². The number of hydrogen-bond acceptors (Lipinski definition) is 1. The van der Waals surface area contributed by atoms with Crippen LogP contribution < -0.4 is 0 Å². The molecule has 0 saturated carbocycles. The van der Waals surface area contributed by atoms with Crippen molar-refractivity contribution in [1.29, 1.82) is 0 Å². The van der Waals surface area contributed by atoms with E-state index in [1.54, 1.807) is 7.11 Å². The Morgan fingerprint density at radius 1 is 1.31 bits per heavy atom. The zero-order valence-corrected chi connectivity index (χ0v) is 11.6. The Morgan fingerprint density at radius 2 is 2.12 bits per heavy atom. The second kappa shape index (κ2) is 5.68. The molecule has 0 unspecified atom stereocenters. The number of aromatic nitrogens is 1. The predicted molar refractivity (Wildman–Crippen MR) is 76.2 cm³/mol. The molecule has 2 rings (SSSR count). The third kappa shape index (κ3) is 2.40. The monoisotopic (exact) mass is 329 g/mol. The SMILES string of the molecule is COCCCn1cc(CI)c2ccccc21. The van der Waals surface area contributed by atoms with Crippen LogP contribution >= 0.6 is 22.6 Å². The second-order valence-electron chi connectivity index (χ2n) is 3.84. The lowest BCUT2D eigenvalue weighted by atomic mass is 10.2. The van der Waals surface area contributed by atoms with Crippen LogP contribution in [0.2, 0.25) is 0 Å². The molecule has 0 N–H and O–H groups in total. The van der Waals surface area contributed by atoms with Crippen molar-refractivity contribution in [2.24, 2.45) is 0 Å². The van der Waals surface area contributed by atoms with Gasteiger partial charge in [-0.15, -0.1) is 0 Å². The molecule has 0 aliphatic heterocycles. The lowest BCUT2D eigenvalue weighted by molar-refractivity contribution is 0.190. The lowest BCUT2D eigenvalue weighted by Crippen LogP contribution is -1.99. The van der Waals surface area contributed by atoms with E-state index in [1.165, 1.54) is 16.5 Å². The summed E-state index contributed by atoms with van der Waals surface area (Å²) in [6.45, 7) is 1.86. The van der Waals surface area contributed by atoms with E-state index in [0.29, 0.717) is 0 Å². The van der Waals surface area contributed by atoms with Gasteiger partial charge in [0.05, 0.1) is 0 Å². The summed E-state index contributed by atoms with van der Waals surface area (Å²) in [5.74, 6) is 0. The highest BCUT2D eigenvalue weighted by Gasteiger charge is 2.05. The molecule has 0 atom stereocenters. The molecule has 0 fully saturated rings. The zero-order chi connectivity index (χ0) is 11.4. The molecule has 0 bridgehead atoms. The van der Waals surface area contributed by atoms with Crippen LogP contribution in [0.4, 0.5) is 0 Å². The molecular weight excluding hydrogens is 313 g/mol. The number of rotatable bonds is 5. The molecule has 3 heteroatoms. The van der Waals surface area contributed by atoms with Gasteiger partial charge in [0.1, 0.15) is 0 Å². The highest BCUT2D eigenvalue weighted by atomic mass is 127. The number of aryl methyl sites for hydroxylation is 1. The molecular formula is C13H16INO. The molecule has 0 spiro atoms. The maximum atomic E-state index is 5.09. The van der Waals surface area contributed by atoms with Gasteiger partial charge >= 0.3 is 0 Å². The Morgan fingerprint density at radius 3 is 2.88 bits per heavy atom. The van der Waals surface area contributed by atoms with E-state index in [4.69, 9.17) is 4.74 Å². The van der Waals surface area contributed by atoms with Crippen LogP contribution in [-0.2, 0) is 15.7 Å². The van der Waals surface area contributed by atoms with Gasteiger partial charge in [0.15, 0.2) is 0 Å². The Bertz CT molecular complexity index is 464. The first-order valence-electron chi connectivity index (χ1n) is 5.48. The van der Waals surface area contributed by atoms with E-state index < -0.39 is 0 Å². The molecule has 0 saturated heterocycles. The quantitative estimate of drug-likeness (QED) is 0.464. The van der Waals surface area contributed by atoms with E-state index in [9.17, 15) is 0 Å².